The number of nitrogens with one attached hydrogen (secondary N) is 1. The van der Waals surface area contributed by atoms with E-state index in [0.717, 1.165) is 17.1 Å². The molecule has 1 amide bonds. The van der Waals surface area contributed by atoms with Crippen molar-refractivity contribution in [3.63, 3.8) is 0 Å². The fraction of sp³-hybridized carbons (Fsp3) is 0.267. The molecule has 1 aromatic carbocycles. The highest BCUT2D eigenvalue weighted by atomic mass is 32.1. The molecule has 1 aromatic heterocycles. The van der Waals surface area contributed by atoms with E-state index in [1.165, 1.54) is 16.9 Å². The summed E-state index contributed by atoms with van der Waals surface area (Å²) in [6.07, 6.45) is 0.874. The van der Waals surface area contributed by atoms with Crippen LogP contribution in [0.15, 0.2) is 35.7 Å². The van der Waals surface area contributed by atoms with Crippen molar-refractivity contribution in [2.75, 3.05) is 6.54 Å². The fourth-order valence-corrected chi connectivity index (χ4v) is 2.65. The third-order valence-corrected chi connectivity index (χ3v) is 3.70. The van der Waals surface area contributed by atoms with Gasteiger partial charge in [0.2, 0.25) is 5.91 Å². The highest BCUT2D eigenvalue weighted by Crippen LogP contribution is 2.15. The molecule has 0 aliphatic rings. The molecule has 2 aromatic rings. The Labute approximate surface area is 126 Å². The van der Waals surface area contributed by atoms with Gasteiger partial charge in [-0.1, -0.05) is 30.3 Å². The van der Waals surface area contributed by atoms with Crippen LogP contribution < -0.4 is 5.32 Å². The van der Waals surface area contributed by atoms with E-state index in [9.17, 15) is 9.59 Å². The molecule has 1 heterocycles. The number of amides is 1. The Balaban J connectivity index is 1.82. The van der Waals surface area contributed by atoms with Crippen LogP contribution in [0.1, 0.15) is 22.7 Å². The summed E-state index contributed by atoms with van der Waals surface area (Å²) in [6, 6.07) is 10.0. The van der Waals surface area contributed by atoms with Crippen LogP contribution in [0.5, 0.6) is 0 Å². The van der Waals surface area contributed by atoms with E-state index in [4.69, 9.17) is 5.11 Å². The number of nitrogens with zero attached hydrogens (tertiary/aromatic N) is 1. The molecule has 6 heteroatoms. The van der Waals surface area contributed by atoms with Crippen LogP contribution in [0.3, 0.4) is 0 Å². The van der Waals surface area contributed by atoms with E-state index in [2.05, 4.69) is 10.3 Å². The lowest BCUT2D eigenvalue weighted by Crippen LogP contribution is -2.27. The van der Waals surface area contributed by atoms with Gasteiger partial charge in [0.05, 0.1) is 23.5 Å². The zero-order valence-electron chi connectivity index (χ0n) is 11.4. The van der Waals surface area contributed by atoms with Crippen LogP contribution in [-0.2, 0) is 22.4 Å². The Morgan fingerprint density at radius 1 is 1.24 bits per heavy atom. The van der Waals surface area contributed by atoms with E-state index in [-0.39, 0.29) is 25.3 Å². The van der Waals surface area contributed by atoms with Gasteiger partial charge >= 0.3 is 5.97 Å². The lowest BCUT2D eigenvalue weighted by atomic mass is 10.2. The largest absolute Gasteiger partial charge is 0.481 e. The van der Waals surface area contributed by atoms with Gasteiger partial charge in [0, 0.05) is 18.3 Å². The summed E-state index contributed by atoms with van der Waals surface area (Å²) in [4.78, 5) is 26.4. The molecule has 0 aliphatic heterocycles. The second-order valence-electron chi connectivity index (χ2n) is 4.57. The predicted octanol–water partition coefficient (Wildman–Crippen LogP) is 1.87. The number of aromatic nitrogens is 1. The predicted molar refractivity (Wildman–Crippen MR) is 80.3 cm³/mol. The molecule has 0 atom stereocenters. The average molecular weight is 304 g/mol. The van der Waals surface area contributed by atoms with Crippen molar-refractivity contribution in [1.82, 2.24) is 10.3 Å². The van der Waals surface area contributed by atoms with E-state index < -0.39 is 5.97 Å². The van der Waals surface area contributed by atoms with Crippen LogP contribution in [0.25, 0.3) is 0 Å². The van der Waals surface area contributed by atoms with Crippen LogP contribution in [0, 0.1) is 0 Å². The van der Waals surface area contributed by atoms with Gasteiger partial charge in [0.15, 0.2) is 0 Å². The standard InChI is InChI=1S/C15H16N2O3S/c18-13(16-7-6-15(19)20)9-12-10-21-14(17-12)8-11-4-2-1-3-5-11/h1-5,10H,6-9H2,(H,16,18)(H,19,20). The monoisotopic (exact) mass is 304 g/mol. The van der Waals surface area contributed by atoms with Crippen LogP contribution >= 0.6 is 11.3 Å². The molecule has 0 aliphatic carbocycles. The van der Waals surface area contributed by atoms with Gasteiger partial charge in [-0.25, -0.2) is 4.98 Å². The summed E-state index contributed by atoms with van der Waals surface area (Å²) in [7, 11) is 0. The lowest BCUT2D eigenvalue weighted by molar-refractivity contribution is -0.136. The number of rotatable bonds is 7. The molecule has 0 saturated carbocycles. The highest BCUT2D eigenvalue weighted by Gasteiger charge is 2.08. The van der Waals surface area contributed by atoms with Crippen LogP contribution in [0.2, 0.25) is 0 Å². The topological polar surface area (TPSA) is 79.3 Å². The maximum atomic E-state index is 11.6. The first kappa shape index (κ1) is 15.2. The summed E-state index contributed by atoms with van der Waals surface area (Å²) in [5.41, 5.74) is 1.91. The minimum atomic E-state index is -0.922. The molecule has 0 bridgehead atoms. The van der Waals surface area contributed by atoms with Gasteiger partial charge in [0.25, 0.3) is 0 Å². The zero-order chi connectivity index (χ0) is 15.1. The molecule has 0 unspecified atom stereocenters. The summed E-state index contributed by atoms with van der Waals surface area (Å²) in [5, 5.41) is 13.9. The second kappa shape index (κ2) is 7.54. The number of benzene rings is 1. The summed E-state index contributed by atoms with van der Waals surface area (Å²) >= 11 is 1.53. The molecule has 0 fully saturated rings. The molecule has 2 N–H and O–H groups in total. The number of hydrogen-bond donors (Lipinski definition) is 2. The smallest absolute Gasteiger partial charge is 0.305 e. The van der Waals surface area contributed by atoms with Gasteiger partial charge in [-0.2, -0.15) is 0 Å². The number of carboxylic acid groups (broad SMARTS) is 1. The third-order valence-electron chi connectivity index (χ3n) is 2.80. The molecule has 0 radical (unpaired) electrons. The van der Waals surface area contributed by atoms with Crippen LogP contribution in [0.4, 0.5) is 0 Å². The minimum Gasteiger partial charge on any atom is -0.481 e. The summed E-state index contributed by atoms with van der Waals surface area (Å²) in [6.45, 7) is 0.148. The van der Waals surface area contributed by atoms with Crippen molar-refractivity contribution >= 4 is 23.2 Å². The third kappa shape index (κ3) is 5.35. The molecular formula is C15H16N2O3S. The molecule has 5 nitrogen and oxygen atoms in total. The van der Waals surface area contributed by atoms with Gasteiger partial charge < -0.3 is 10.4 Å². The number of carbonyl (C=O) groups is 2. The van der Waals surface area contributed by atoms with Crippen molar-refractivity contribution in [2.45, 2.75) is 19.3 Å². The number of thiazole rings is 1. The molecule has 21 heavy (non-hydrogen) atoms. The SMILES string of the molecule is O=C(O)CCNC(=O)Cc1csc(Cc2ccccc2)n1. The fourth-order valence-electron chi connectivity index (χ4n) is 1.82. The van der Waals surface area contributed by atoms with Crippen molar-refractivity contribution in [3.05, 3.63) is 52.0 Å². The Kier molecular flexibility index (Phi) is 5.45. The maximum absolute atomic E-state index is 11.6. The van der Waals surface area contributed by atoms with E-state index in [0.29, 0.717) is 0 Å². The van der Waals surface area contributed by atoms with Crippen molar-refractivity contribution < 1.29 is 14.7 Å². The Bertz CT molecular complexity index is 610. The summed E-state index contributed by atoms with van der Waals surface area (Å²) < 4.78 is 0. The van der Waals surface area contributed by atoms with E-state index in [1.807, 2.05) is 35.7 Å². The zero-order valence-corrected chi connectivity index (χ0v) is 12.2. The Morgan fingerprint density at radius 3 is 2.71 bits per heavy atom. The first-order valence-electron chi connectivity index (χ1n) is 6.59. The number of aliphatic carboxylic acids is 1. The Morgan fingerprint density at radius 2 is 2.00 bits per heavy atom. The average Bonchev–Trinajstić information content (AvgIpc) is 2.86. The first-order chi connectivity index (χ1) is 10.1. The molecule has 0 saturated heterocycles. The Hall–Kier alpha value is -2.21. The van der Waals surface area contributed by atoms with E-state index >= 15 is 0 Å². The quantitative estimate of drug-likeness (QED) is 0.818. The normalized spacial score (nSPS) is 10.3. The molecule has 0 spiro atoms. The second-order valence-corrected chi connectivity index (χ2v) is 5.51. The number of carbonyl (C=O) groups excluding carboxylic acids is 1. The summed E-state index contributed by atoms with van der Waals surface area (Å²) in [5.74, 6) is -1.12. The van der Waals surface area contributed by atoms with Crippen LogP contribution in [-0.4, -0.2) is 28.5 Å². The van der Waals surface area contributed by atoms with Crippen molar-refractivity contribution in [2.24, 2.45) is 0 Å². The molecular weight excluding hydrogens is 288 g/mol. The lowest BCUT2D eigenvalue weighted by Gasteiger charge is -2.01. The van der Waals surface area contributed by atoms with E-state index in [1.54, 1.807) is 0 Å². The molecule has 2 rings (SSSR count). The maximum Gasteiger partial charge on any atom is 0.305 e. The molecule has 110 valence electrons. The van der Waals surface area contributed by atoms with Gasteiger partial charge in [-0.05, 0) is 5.56 Å². The minimum absolute atomic E-state index is 0.0674. The van der Waals surface area contributed by atoms with Crippen molar-refractivity contribution in [1.29, 1.82) is 0 Å². The number of carboxylic acids is 1. The van der Waals surface area contributed by atoms with Crippen molar-refractivity contribution in [3.8, 4) is 0 Å². The first-order valence-corrected chi connectivity index (χ1v) is 7.47. The van der Waals surface area contributed by atoms with Gasteiger partial charge in [0.1, 0.15) is 0 Å². The number of hydrogen-bond acceptors (Lipinski definition) is 4. The highest BCUT2D eigenvalue weighted by molar-refractivity contribution is 7.09. The van der Waals surface area contributed by atoms with Gasteiger partial charge in [-0.15, -0.1) is 11.3 Å². The van der Waals surface area contributed by atoms with Gasteiger partial charge in [-0.3, -0.25) is 9.59 Å².